The first kappa shape index (κ1) is 34.1. The molecule has 0 radical (unpaired) electrons. The Bertz CT molecular complexity index is 2780. The Balaban J connectivity index is 1.29. The Morgan fingerprint density at radius 1 is 0.263 bits per heavy atom. The summed E-state index contributed by atoms with van der Waals surface area (Å²) in [5.41, 5.74) is 14.3. The molecular formula is C51H36N6. The SMILES string of the molecule is Cc1ccc(-c2nc(-c3cc(-c4nc(-c5ccc(C)cc5)nc5ccccc45)cc(-c4nc(-c5ccc(C)cc5)nc5ccccc45)c3)c3ccccc3n2)cc1. The Labute approximate surface area is 330 Å². The number of fused-ring (bicyclic) bond motifs is 3. The molecule has 0 unspecified atom stereocenters. The third-order valence-electron chi connectivity index (χ3n) is 10.5. The molecule has 0 fully saturated rings. The minimum absolute atomic E-state index is 0.666. The lowest BCUT2D eigenvalue weighted by Crippen LogP contribution is -1.99. The van der Waals surface area contributed by atoms with Gasteiger partial charge in [-0.3, -0.25) is 0 Å². The zero-order chi connectivity index (χ0) is 38.5. The molecule has 0 bridgehead atoms. The van der Waals surface area contributed by atoms with Crippen LogP contribution >= 0.6 is 0 Å². The van der Waals surface area contributed by atoms with Gasteiger partial charge in [-0.15, -0.1) is 0 Å². The Kier molecular flexibility index (Phi) is 8.37. The van der Waals surface area contributed by atoms with E-state index in [-0.39, 0.29) is 0 Å². The van der Waals surface area contributed by atoms with Crippen molar-refractivity contribution in [2.75, 3.05) is 0 Å². The number of para-hydroxylation sites is 3. The third kappa shape index (κ3) is 6.47. The molecule has 0 aliphatic heterocycles. The molecule has 0 aliphatic carbocycles. The maximum atomic E-state index is 5.34. The van der Waals surface area contributed by atoms with Gasteiger partial charge in [-0.1, -0.05) is 144 Å². The Morgan fingerprint density at radius 3 is 0.807 bits per heavy atom. The van der Waals surface area contributed by atoms with Crippen molar-refractivity contribution in [1.29, 1.82) is 0 Å². The summed E-state index contributed by atoms with van der Waals surface area (Å²) in [6, 6.07) is 56.4. The van der Waals surface area contributed by atoms with E-state index >= 15 is 0 Å². The molecule has 0 amide bonds. The molecule has 3 aromatic heterocycles. The summed E-state index contributed by atoms with van der Waals surface area (Å²) >= 11 is 0. The molecular weight excluding hydrogens is 697 g/mol. The van der Waals surface area contributed by atoms with Crippen LogP contribution in [0.4, 0.5) is 0 Å². The number of aromatic nitrogens is 6. The number of nitrogens with zero attached hydrogens (tertiary/aromatic N) is 6. The average molecular weight is 733 g/mol. The molecule has 10 aromatic rings. The van der Waals surface area contributed by atoms with E-state index in [0.717, 1.165) is 83.2 Å². The number of hydrogen-bond donors (Lipinski definition) is 0. The molecule has 0 spiro atoms. The fourth-order valence-electron chi connectivity index (χ4n) is 7.42. The monoisotopic (exact) mass is 732 g/mol. The van der Waals surface area contributed by atoms with Crippen molar-refractivity contribution in [2.24, 2.45) is 0 Å². The molecule has 3 heterocycles. The molecule has 7 aromatic carbocycles. The van der Waals surface area contributed by atoms with Gasteiger partial charge in [-0.05, 0) is 57.2 Å². The quantitative estimate of drug-likeness (QED) is 0.169. The first-order valence-electron chi connectivity index (χ1n) is 19.1. The van der Waals surface area contributed by atoms with E-state index in [1.54, 1.807) is 0 Å². The third-order valence-corrected chi connectivity index (χ3v) is 10.5. The zero-order valence-corrected chi connectivity index (χ0v) is 31.8. The summed E-state index contributed by atoms with van der Waals surface area (Å²) in [6.45, 7) is 6.27. The molecule has 0 aliphatic rings. The largest absolute Gasteiger partial charge is 0.228 e. The first-order valence-corrected chi connectivity index (χ1v) is 19.1. The minimum Gasteiger partial charge on any atom is -0.228 e. The Morgan fingerprint density at radius 2 is 0.526 bits per heavy atom. The second-order valence-electron chi connectivity index (χ2n) is 14.6. The van der Waals surface area contributed by atoms with Crippen molar-refractivity contribution in [3.05, 3.63) is 180 Å². The van der Waals surface area contributed by atoms with Crippen LogP contribution in [0, 0.1) is 20.8 Å². The van der Waals surface area contributed by atoms with Gasteiger partial charge in [0.25, 0.3) is 0 Å². The highest BCUT2D eigenvalue weighted by molar-refractivity contribution is 6.01. The first-order chi connectivity index (χ1) is 27.9. The summed E-state index contributed by atoms with van der Waals surface area (Å²) in [4.78, 5) is 31.2. The van der Waals surface area contributed by atoms with Gasteiger partial charge in [-0.2, -0.15) is 0 Å². The highest BCUT2D eigenvalue weighted by Crippen LogP contribution is 2.39. The van der Waals surface area contributed by atoms with Gasteiger partial charge in [0.05, 0.1) is 33.6 Å². The van der Waals surface area contributed by atoms with Gasteiger partial charge < -0.3 is 0 Å². The zero-order valence-electron chi connectivity index (χ0n) is 31.8. The van der Waals surface area contributed by atoms with Gasteiger partial charge in [-0.25, -0.2) is 29.9 Å². The number of hydrogen-bond acceptors (Lipinski definition) is 6. The average Bonchev–Trinajstić information content (AvgIpc) is 3.26. The molecule has 0 N–H and O–H groups in total. The summed E-state index contributed by atoms with van der Waals surface area (Å²) in [7, 11) is 0. The maximum absolute atomic E-state index is 5.34. The summed E-state index contributed by atoms with van der Waals surface area (Å²) in [6.07, 6.45) is 0. The van der Waals surface area contributed by atoms with Gasteiger partial charge in [0.1, 0.15) is 0 Å². The van der Waals surface area contributed by atoms with Crippen LogP contribution in [-0.4, -0.2) is 29.9 Å². The van der Waals surface area contributed by atoms with Crippen molar-refractivity contribution in [2.45, 2.75) is 20.8 Å². The molecule has 270 valence electrons. The van der Waals surface area contributed by atoms with Gasteiger partial charge >= 0.3 is 0 Å². The highest BCUT2D eigenvalue weighted by atomic mass is 14.9. The molecule has 0 saturated heterocycles. The molecule has 0 atom stereocenters. The fraction of sp³-hybridized carbons (Fsp3) is 0.0588. The second-order valence-corrected chi connectivity index (χ2v) is 14.6. The highest BCUT2D eigenvalue weighted by Gasteiger charge is 2.20. The maximum Gasteiger partial charge on any atom is 0.160 e. The van der Waals surface area contributed by atoms with E-state index in [1.807, 2.05) is 36.4 Å². The smallest absolute Gasteiger partial charge is 0.160 e. The molecule has 10 rings (SSSR count). The lowest BCUT2D eigenvalue weighted by Gasteiger charge is -2.16. The predicted molar refractivity (Wildman–Crippen MR) is 233 cm³/mol. The second kappa shape index (κ2) is 14.0. The van der Waals surface area contributed by atoms with Crippen LogP contribution in [0.2, 0.25) is 0 Å². The van der Waals surface area contributed by atoms with Crippen molar-refractivity contribution >= 4 is 32.7 Å². The van der Waals surface area contributed by atoms with E-state index in [1.165, 1.54) is 16.7 Å². The van der Waals surface area contributed by atoms with Crippen LogP contribution in [0.15, 0.2) is 164 Å². The van der Waals surface area contributed by atoms with Crippen molar-refractivity contribution in [3.8, 4) is 67.9 Å². The van der Waals surface area contributed by atoms with Crippen LogP contribution in [-0.2, 0) is 0 Å². The number of aryl methyl sites for hydroxylation is 3. The van der Waals surface area contributed by atoms with E-state index in [4.69, 9.17) is 29.9 Å². The van der Waals surface area contributed by atoms with Crippen LogP contribution in [0.25, 0.3) is 101 Å². The topological polar surface area (TPSA) is 77.3 Å². The molecule has 0 saturated carbocycles. The van der Waals surface area contributed by atoms with Gasteiger partial charge in [0, 0.05) is 49.5 Å². The lowest BCUT2D eigenvalue weighted by molar-refractivity contribution is 1.21. The predicted octanol–water partition coefficient (Wildman–Crippen LogP) is 12.4. The van der Waals surface area contributed by atoms with E-state index in [2.05, 4.69) is 148 Å². The minimum atomic E-state index is 0.666. The van der Waals surface area contributed by atoms with Crippen LogP contribution in [0.3, 0.4) is 0 Å². The summed E-state index contributed by atoms with van der Waals surface area (Å²) in [5, 5.41) is 2.87. The van der Waals surface area contributed by atoms with Gasteiger partial charge in [0.2, 0.25) is 0 Å². The van der Waals surface area contributed by atoms with Crippen LogP contribution in [0.1, 0.15) is 16.7 Å². The lowest BCUT2D eigenvalue weighted by atomic mass is 9.94. The normalized spacial score (nSPS) is 11.4. The molecule has 6 nitrogen and oxygen atoms in total. The number of benzene rings is 7. The summed E-state index contributed by atoms with van der Waals surface area (Å²) in [5.74, 6) is 2.00. The fourth-order valence-corrected chi connectivity index (χ4v) is 7.42. The van der Waals surface area contributed by atoms with Crippen molar-refractivity contribution < 1.29 is 0 Å². The van der Waals surface area contributed by atoms with Crippen LogP contribution in [0.5, 0.6) is 0 Å². The standard InChI is InChI=1S/C51H36N6/c1-31-16-22-34(23-17-31)49-52-43-13-7-4-10-40(43)46(55-49)37-28-38(47-41-11-5-8-14-44(41)53-50(56-47)35-24-18-32(2)19-25-35)30-39(29-37)48-42-12-6-9-15-45(42)54-51(57-48)36-26-20-33(3)21-27-36/h4-30H,1-3H3. The van der Waals surface area contributed by atoms with Crippen molar-refractivity contribution in [1.82, 2.24) is 29.9 Å². The van der Waals surface area contributed by atoms with Crippen molar-refractivity contribution in [3.63, 3.8) is 0 Å². The van der Waals surface area contributed by atoms with Gasteiger partial charge in [0.15, 0.2) is 17.5 Å². The summed E-state index contributed by atoms with van der Waals surface area (Å²) < 4.78 is 0. The Hall–Kier alpha value is -7.44. The molecule has 57 heavy (non-hydrogen) atoms. The number of rotatable bonds is 6. The van der Waals surface area contributed by atoms with E-state index < -0.39 is 0 Å². The van der Waals surface area contributed by atoms with E-state index in [0.29, 0.717) is 17.5 Å². The molecule has 6 heteroatoms. The van der Waals surface area contributed by atoms with Crippen LogP contribution < -0.4 is 0 Å². The van der Waals surface area contributed by atoms with E-state index in [9.17, 15) is 0 Å².